The van der Waals surface area contributed by atoms with E-state index in [9.17, 15) is 9.90 Å². The van der Waals surface area contributed by atoms with E-state index in [1.807, 2.05) is 18.2 Å². The molecule has 0 aromatic heterocycles. The summed E-state index contributed by atoms with van der Waals surface area (Å²) < 4.78 is 0. The summed E-state index contributed by atoms with van der Waals surface area (Å²) in [5.74, 6) is 2.52. The molecule has 0 bridgehead atoms. The highest BCUT2D eigenvalue weighted by Gasteiger charge is 2.07. The van der Waals surface area contributed by atoms with Crippen LogP contribution in [0.4, 0.5) is 0 Å². The second-order valence-corrected chi connectivity index (χ2v) is 3.74. The highest BCUT2D eigenvalue weighted by atomic mass is 16.3. The van der Waals surface area contributed by atoms with E-state index in [1.54, 1.807) is 12.1 Å². The van der Waals surface area contributed by atoms with E-state index in [4.69, 9.17) is 6.42 Å². The average Bonchev–Trinajstić information content (AvgIpc) is 2.30. The first-order chi connectivity index (χ1) is 7.74. The van der Waals surface area contributed by atoms with Crippen molar-refractivity contribution in [3.05, 3.63) is 35.9 Å². The van der Waals surface area contributed by atoms with Gasteiger partial charge in [-0.2, -0.15) is 0 Å². The van der Waals surface area contributed by atoms with Crippen LogP contribution < -0.4 is 0 Å². The molecule has 1 N–H and O–H groups in total. The Labute approximate surface area is 96.3 Å². The van der Waals surface area contributed by atoms with E-state index < -0.39 is 6.10 Å². The molecule has 0 radical (unpaired) electrons. The number of terminal acetylenes is 1. The highest BCUT2D eigenvalue weighted by Crippen LogP contribution is 2.09. The maximum atomic E-state index is 11.7. The first-order valence-electron chi connectivity index (χ1n) is 5.44. The fourth-order valence-electron chi connectivity index (χ4n) is 1.50. The van der Waals surface area contributed by atoms with Crippen molar-refractivity contribution in [1.29, 1.82) is 0 Å². The van der Waals surface area contributed by atoms with Crippen molar-refractivity contribution in [1.82, 2.24) is 0 Å². The second kappa shape index (κ2) is 6.81. The van der Waals surface area contributed by atoms with Gasteiger partial charge in [0, 0.05) is 18.4 Å². The molecule has 0 unspecified atom stereocenters. The van der Waals surface area contributed by atoms with Crippen LogP contribution in [0.5, 0.6) is 0 Å². The van der Waals surface area contributed by atoms with Crippen LogP contribution in [0, 0.1) is 12.3 Å². The predicted octanol–water partition coefficient (Wildman–Crippen LogP) is 2.42. The van der Waals surface area contributed by atoms with Gasteiger partial charge in [0.2, 0.25) is 0 Å². The van der Waals surface area contributed by atoms with E-state index in [0.717, 1.165) is 5.56 Å². The molecule has 1 aromatic carbocycles. The number of carbonyl (C=O) groups is 1. The number of aliphatic hydroxyl groups excluding tert-OH is 1. The molecular formula is C14H16O2. The molecule has 0 saturated carbocycles. The topological polar surface area (TPSA) is 37.3 Å². The molecule has 84 valence electrons. The van der Waals surface area contributed by atoms with Crippen molar-refractivity contribution in [3.63, 3.8) is 0 Å². The Hall–Kier alpha value is -1.59. The second-order valence-electron chi connectivity index (χ2n) is 3.74. The number of hydrogen-bond acceptors (Lipinski definition) is 2. The molecule has 1 atom stereocenters. The van der Waals surface area contributed by atoms with Gasteiger partial charge in [0.1, 0.15) is 0 Å². The zero-order valence-corrected chi connectivity index (χ0v) is 9.23. The molecule has 0 aliphatic heterocycles. The average molecular weight is 216 g/mol. The zero-order chi connectivity index (χ0) is 11.8. The third-order valence-corrected chi connectivity index (χ3v) is 2.39. The van der Waals surface area contributed by atoms with Gasteiger partial charge in [0.25, 0.3) is 0 Å². The van der Waals surface area contributed by atoms with Crippen LogP contribution in [0.25, 0.3) is 0 Å². The molecule has 0 aliphatic rings. The Bertz CT molecular complexity index is 362. The molecule has 0 spiro atoms. The normalized spacial score (nSPS) is 11.8. The summed E-state index contributed by atoms with van der Waals surface area (Å²) in [6.07, 6.45) is 6.68. The van der Waals surface area contributed by atoms with Crippen LogP contribution in [0.3, 0.4) is 0 Å². The molecule has 0 amide bonds. The first-order valence-corrected chi connectivity index (χ1v) is 5.44. The van der Waals surface area contributed by atoms with Crippen LogP contribution in [-0.2, 0) is 0 Å². The molecule has 1 aromatic rings. The van der Waals surface area contributed by atoms with Crippen molar-refractivity contribution < 1.29 is 9.90 Å². The van der Waals surface area contributed by atoms with Crippen molar-refractivity contribution in [2.24, 2.45) is 0 Å². The molecule has 16 heavy (non-hydrogen) atoms. The van der Waals surface area contributed by atoms with Gasteiger partial charge >= 0.3 is 0 Å². The highest BCUT2D eigenvalue weighted by molar-refractivity contribution is 5.95. The number of ketones is 1. The third-order valence-electron chi connectivity index (χ3n) is 2.39. The van der Waals surface area contributed by atoms with Crippen molar-refractivity contribution in [2.45, 2.75) is 31.8 Å². The van der Waals surface area contributed by atoms with E-state index in [1.165, 1.54) is 0 Å². The van der Waals surface area contributed by atoms with Gasteiger partial charge in [-0.3, -0.25) is 4.79 Å². The van der Waals surface area contributed by atoms with Crippen LogP contribution in [0.2, 0.25) is 0 Å². The summed E-state index contributed by atoms with van der Waals surface area (Å²) >= 11 is 0. The zero-order valence-electron chi connectivity index (χ0n) is 9.23. The summed E-state index contributed by atoms with van der Waals surface area (Å²) in [7, 11) is 0. The monoisotopic (exact) mass is 216 g/mol. The van der Waals surface area contributed by atoms with Gasteiger partial charge in [-0.05, 0) is 12.8 Å². The molecule has 0 saturated heterocycles. The molecule has 2 heteroatoms. The predicted molar refractivity (Wildman–Crippen MR) is 64.1 cm³/mol. The Balaban J connectivity index is 2.29. The third kappa shape index (κ3) is 4.29. The van der Waals surface area contributed by atoms with Gasteiger partial charge in [-0.15, -0.1) is 12.3 Å². The summed E-state index contributed by atoms with van der Waals surface area (Å²) in [4.78, 5) is 11.7. The summed E-state index contributed by atoms with van der Waals surface area (Å²) in [6, 6.07) is 9.19. The van der Waals surface area contributed by atoms with Crippen LogP contribution in [-0.4, -0.2) is 17.0 Å². The fourth-order valence-corrected chi connectivity index (χ4v) is 1.50. The quantitative estimate of drug-likeness (QED) is 0.585. The van der Waals surface area contributed by atoms with E-state index >= 15 is 0 Å². The molecule has 0 aliphatic carbocycles. The van der Waals surface area contributed by atoms with Gasteiger partial charge in [-0.25, -0.2) is 0 Å². The fraction of sp³-hybridized carbons (Fsp3) is 0.357. The van der Waals surface area contributed by atoms with E-state index in [0.29, 0.717) is 25.7 Å². The summed E-state index contributed by atoms with van der Waals surface area (Å²) in [5, 5.41) is 9.38. The molecular weight excluding hydrogens is 200 g/mol. The van der Waals surface area contributed by atoms with Crippen molar-refractivity contribution in [3.8, 4) is 12.3 Å². The van der Waals surface area contributed by atoms with Gasteiger partial charge in [0.15, 0.2) is 5.78 Å². The van der Waals surface area contributed by atoms with E-state index in [2.05, 4.69) is 5.92 Å². The Morgan fingerprint density at radius 2 is 2.06 bits per heavy atom. The smallest absolute Gasteiger partial charge is 0.162 e. The van der Waals surface area contributed by atoms with Gasteiger partial charge in [0.05, 0.1) is 6.10 Å². The van der Waals surface area contributed by atoms with Crippen LogP contribution in [0.15, 0.2) is 30.3 Å². The lowest BCUT2D eigenvalue weighted by Gasteiger charge is -2.05. The molecule has 1 rings (SSSR count). The minimum atomic E-state index is -0.478. The lowest BCUT2D eigenvalue weighted by atomic mass is 10.0. The number of aliphatic hydroxyl groups is 1. The minimum Gasteiger partial charge on any atom is -0.392 e. The number of hydrogen-bond donors (Lipinski definition) is 1. The van der Waals surface area contributed by atoms with Crippen LogP contribution >= 0.6 is 0 Å². The number of rotatable bonds is 6. The summed E-state index contributed by atoms with van der Waals surface area (Å²) in [6.45, 7) is 0. The van der Waals surface area contributed by atoms with Crippen LogP contribution in [0.1, 0.15) is 36.0 Å². The number of carbonyl (C=O) groups excluding carboxylic acids is 1. The Morgan fingerprint density at radius 3 is 2.69 bits per heavy atom. The van der Waals surface area contributed by atoms with E-state index in [-0.39, 0.29) is 5.78 Å². The number of benzene rings is 1. The molecule has 2 nitrogen and oxygen atoms in total. The SMILES string of the molecule is C#CC[C@H](O)CCCC(=O)c1ccccc1. The van der Waals surface area contributed by atoms with Gasteiger partial charge < -0.3 is 5.11 Å². The largest absolute Gasteiger partial charge is 0.392 e. The standard InChI is InChI=1S/C14H16O2/c1-2-7-13(15)10-6-11-14(16)12-8-4-3-5-9-12/h1,3-5,8-9,13,15H,6-7,10-11H2/t13-/m0/s1. The molecule has 0 heterocycles. The maximum absolute atomic E-state index is 11.7. The lowest BCUT2D eigenvalue weighted by molar-refractivity contribution is 0.0970. The Kier molecular flexibility index (Phi) is 5.31. The minimum absolute atomic E-state index is 0.119. The number of Topliss-reactive ketones (excluding diaryl/α,β-unsaturated/α-hetero) is 1. The van der Waals surface area contributed by atoms with Crippen molar-refractivity contribution in [2.75, 3.05) is 0 Å². The lowest BCUT2D eigenvalue weighted by Crippen LogP contribution is -2.06. The van der Waals surface area contributed by atoms with Crippen molar-refractivity contribution >= 4 is 5.78 Å². The Morgan fingerprint density at radius 1 is 1.38 bits per heavy atom. The molecule has 0 fully saturated rings. The first kappa shape index (κ1) is 12.5. The maximum Gasteiger partial charge on any atom is 0.162 e. The summed E-state index contributed by atoms with van der Waals surface area (Å²) in [5.41, 5.74) is 0.730. The van der Waals surface area contributed by atoms with Gasteiger partial charge in [-0.1, -0.05) is 30.3 Å².